The Balaban J connectivity index is 1.70. The summed E-state index contributed by atoms with van der Waals surface area (Å²) in [5.74, 6) is -1.11. The molecular formula is C21H18N4O7. The summed E-state index contributed by atoms with van der Waals surface area (Å²) in [6, 6.07) is 7.30. The third kappa shape index (κ3) is 2.34. The maximum absolute atomic E-state index is 12.7. The van der Waals surface area contributed by atoms with Crippen molar-refractivity contribution in [2.75, 3.05) is 6.61 Å². The van der Waals surface area contributed by atoms with Crippen molar-refractivity contribution < 1.29 is 34.8 Å². The van der Waals surface area contributed by atoms with E-state index in [0.29, 0.717) is 16.4 Å². The standard InChI is InChI=1S/C21H18N4O7/c26-5-9-16(27)17(28)18(29)21(32-9)25-6-22-13-12-11(19(30)24-20(12)31)10-7-3-1-2-4-8(7)23-14(10)15(13)25/h1-4,6,9,16-18,21,23,26-29H,5H2,(H,24,30,31). The average Bonchev–Trinajstić information content (AvgIpc) is 3.45. The molecule has 0 saturated carbocycles. The maximum atomic E-state index is 12.7. The van der Waals surface area contributed by atoms with Gasteiger partial charge in [0.15, 0.2) is 6.23 Å². The third-order valence-corrected chi connectivity index (χ3v) is 6.30. The van der Waals surface area contributed by atoms with Crippen LogP contribution in [-0.4, -0.2) is 77.8 Å². The van der Waals surface area contributed by atoms with E-state index in [1.165, 1.54) is 10.9 Å². The minimum atomic E-state index is -1.58. The quantitative estimate of drug-likeness (QED) is 0.228. The van der Waals surface area contributed by atoms with Crippen LogP contribution in [0.4, 0.5) is 0 Å². The molecule has 2 aliphatic heterocycles. The summed E-state index contributed by atoms with van der Waals surface area (Å²) >= 11 is 0. The number of nitrogens with zero attached hydrogens (tertiary/aromatic N) is 2. The van der Waals surface area contributed by atoms with Crippen LogP contribution in [0.3, 0.4) is 0 Å². The molecule has 2 amide bonds. The van der Waals surface area contributed by atoms with Crippen LogP contribution in [0.2, 0.25) is 0 Å². The zero-order chi connectivity index (χ0) is 22.3. The van der Waals surface area contributed by atoms with E-state index >= 15 is 0 Å². The fraction of sp³-hybridized carbons (Fsp3) is 0.286. The Morgan fingerprint density at radius 2 is 1.78 bits per heavy atom. The second-order valence-corrected chi connectivity index (χ2v) is 8.02. The number of aromatic amines is 1. The number of fused-ring (bicyclic) bond motifs is 8. The summed E-state index contributed by atoms with van der Waals surface area (Å²) in [6.07, 6.45) is -5.65. The van der Waals surface area contributed by atoms with Gasteiger partial charge in [-0.3, -0.25) is 19.5 Å². The fourth-order valence-electron chi connectivity index (χ4n) is 4.80. The number of hydrogen-bond acceptors (Lipinski definition) is 8. The predicted molar refractivity (Wildman–Crippen MR) is 110 cm³/mol. The molecule has 11 nitrogen and oxygen atoms in total. The fourth-order valence-corrected chi connectivity index (χ4v) is 4.80. The molecule has 32 heavy (non-hydrogen) atoms. The molecule has 5 atom stereocenters. The van der Waals surface area contributed by atoms with Crippen molar-refractivity contribution in [2.24, 2.45) is 0 Å². The van der Waals surface area contributed by atoms with Crippen molar-refractivity contribution >= 4 is 44.7 Å². The first-order chi connectivity index (χ1) is 15.4. The van der Waals surface area contributed by atoms with Gasteiger partial charge in [-0.15, -0.1) is 0 Å². The smallest absolute Gasteiger partial charge is 0.261 e. The lowest BCUT2D eigenvalue weighted by molar-refractivity contribution is -0.250. The second kappa shape index (κ2) is 6.58. The summed E-state index contributed by atoms with van der Waals surface area (Å²) in [7, 11) is 0. The molecule has 0 spiro atoms. The maximum Gasteiger partial charge on any atom is 0.261 e. The number of imide groups is 1. The average molecular weight is 438 g/mol. The van der Waals surface area contributed by atoms with Crippen LogP contribution in [0.1, 0.15) is 26.9 Å². The highest BCUT2D eigenvalue weighted by Crippen LogP contribution is 2.41. The van der Waals surface area contributed by atoms with Gasteiger partial charge in [-0.05, 0) is 6.07 Å². The van der Waals surface area contributed by atoms with Gasteiger partial charge in [-0.2, -0.15) is 0 Å². The Labute approximate surface area is 178 Å². The molecule has 6 rings (SSSR count). The van der Waals surface area contributed by atoms with Gasteiger partial charge in [0.05, 0.1) is 35.1 Å². The van der Waals surface area contributed by atoms with Gasteiger partial charge in [0, 0.05) is 16.3 Å². The zero-order valence-corrected chi connectivity index (χ0v) is 16.4. The lowest BCUT2D eigenvalue weighted by Crippen LogP contribution is -2.56. The summed E-state index contributed by atoms with van der Waals surface area (Å²) in [5, 5.41) is 44.2. The number of carbonyl (C=O) groups is 2. The number of nitrogens with one attached hydrogen (secondary N) is 2. The van der Waals surface area contributed by atoms with Crippen molar-refractivity contribution in [3.05, 3.63) is 41.7 Å². The molecule has 1 saturated heterocycles. The number of ether oxygens (including phenoxy) is 1. The van der Waals surface area contributed by atoms with Gasteiger partial charge < -0.3 is 30.1 Å². The number of benzene rings is 2. The highest BCUT2D eigenvalue weighted by atomic mass is 16.6. The molecule has 2 aliphatic rings. The molecule has 0 radical (unpaired) electrons. The first-order valence-corrected chi connectivity index (χ1v) is 10.0. The van der Waals surface area contributed by atoms with Crippen LogP contribution in [0, 0.1) is 0 Å². The largest absolute Gasteiger partial charge is 0.394 e. The van der Waals surface area contributed by atoms with Crippen LogP contribution in [0.25, 0.3) is 32.8 Å². The molecule has 11 heteroatoms. The SMILES string of the molecule is O=C1NC(=O)c2c1c1ncn(C3OC(CO)C(O)C(O)C3O)c1c1[nH]c3ccccc3c21. The molecule has 1 fully saturated rings. The lowest BCUT2D eigenvalue weighted by Gasteiger charge is -2.40. The Kier molecular flexibility index (Phi) is 3.97. The number of para-hydroxylation sites is 1. The molecule has 4 aromatic rings. The normalized spacial score (nSPS) is 28.1. The molecular weight excluding hydrogens is 420 g/mol. The van der Waals surface area contributed by atoms with Crippen LogP contribution in [0.15, 0.2) is 30.6 Å². The van der Waals surface area contributed by atoms with Crippen molar-refractivity contribution in [3.8, 4) is 0 Å². The summed E-state index contributed by atoms with van der Waals surface area (Å²) in [4.78, 5) is 32.9. The molecule has 6 N–H and O–H groups in total. The molecule has 0 aliphatic carbocycles. The van der Waals surface area contributed by atoms with Crippen molar-refractivity contribution in [3.63, 3.8) is 0 Å². The highest BCUT2D eigenvalue weighted by molar-refractivity contribution is 6.35. The Bertz CT molecular complexity index is 1440. The van der Waals surface area contributed by atoms with Crippen LogP contribution >= 0.6 is 0 Å². The topological polar surface area (TPSA) is 170 Å². The number of aliphatic hydroxyl groups is 4. The van der Waals surface area contributed by atoms with Gasteiger partial charge in [-0.25, -0.2) is 4.98 Å². The van der Waals surface area contributed by atoms with Gasteiger partial charge in [0.1, 0.15) is 29.9 Å². The van der Waals surface area contributed by atoms with Crippen molar-refractivity contribution in [2.45, 2.75) is 30.6 Å². The minimum Gasteiger partial charge on any atom is -0.394 e. The van der Waals surface area contributed by atoms with E-state index in [1.54, 1.807) is 0 Å². The minimum absolute atomic E-state index is 0.116. The molecule has 2 aromatic carbocycles. The lowest BCUT2D eigenvalue weighted by atomic mass is 9.97. The van der Waals surface area contributed by atoms with E-state index in [0.717, 1.165) is 10.9 Å². The van der Waals surface area contributed by atoms with E-state index in [-0.39, 0.29) is 16.6 Å². The number of aromatic nitrogens is 3. The number of aliphatic hydroxyl groups excluding tert-OH is 4. The first kappa shape index (κ1) is 19.3. The summed E-state index contributed by atoms with van der Waals surface area (Å²) in [6.45, 7) is -0.581. The number of H-pyrrole nitrogens is 1. The van der Waals surface area contributed by atoms with Crippen molar-refractivity contribution in [1.82, 2.24) is 19.9 Å². The molecule has 164 valence electrons. The Morgan fingerprint density at radius 3 is 2.56 bits per heavy atom. The van der Waals surface area contributed by atoms with E-state index in [2.05, 4.69) is 15.3 Å². The number of hydrogen-bond donors (Lipinski definition) is 6. The molecule has 5 unspecified atom stereocenters. The first-order valence-electron chi connectivity index (χ1n) is 10.0. The van der Waals surface area contributed by atoms with E-state index < -0.39 is 49.1 Å². The van der Waals surface area contributed by atoms with Gasteiger partial charge in [-0.1, -0.05) is 18.2 Å². The summed E-state index contributed by atoms with van der Waals surface area (Å²) < 4.78 is 7.14. The zero-order valence-electron chi connectivity index (χ0n) is 16.4. The monoisotopic (exact) mass is 438 g/mol. The Hall–Kier alpha value is -3.35. The summed E-state index contributed by atoms with van der Waals surface area (Å²) in [5.41, 5.74) is 2.16. The third-order valence-electron chi connectivity index (χ3n) is 6.30. The van der Waals surface area contributed by atoms with E-state index in [9.17, 15) is 30.0 Å². The predicted octanol–water partition coefficient (Wildman–Crippen LogP) is -0.473. The number of rotatable bonds is 2. The van der Waals surface area contributed by atoms with Gasteiger partial charge in [0.25, 0.3) is 11.8 Å². The number of amides is 2. The van der Waals surface area contributed by atoms with E-state index in [4.69, 9.17) is 4.74 Å². The van der Waals surface area contributed by atoms with Crippen molar-refractivity contribution in [1.29, 1.82) is 0 Å². The number of carbonyl (C=O) groups excluding carboxylic acids is 2. The molecule has 2 aromatic heterocycles. The van der Waals surface area contributed by atoms with Gasteiger partial charge in [0.2, 0.25) is 0 Å². The molecule has 4 heterocycles. The van der Waals surface area contributed by atoms with E-state index in [1.807, 2.05) is 24.3 Å². The molecule has 0 bridgehead atoms. The Morgan fingerprint density at radius 1 is 1.03 bits per heavy atom. The van der Waals surface area contributed by atoms with Crippen LogP contribution < -0.4 is 5.32 Å². The highest BCUT2D eigenvalue weighted by Gasteiger charge is 2.45. The number of imidazole rings is 1. The second-order valence-electron chi connectivity index (χ2n) is 8.02. The van der Waals surface area contributed by atoms with Gasteiger partial charge >= 0.3 is 0 Å². The van der Waals surface area contributed by atoms with Crippen LogP contribution in [-0.2, 0) is 4.74 Å². The van der Waals surface area contributed by atoms with Crippen LogP contribution in [0.5, 0.6) is 0 Å².